The molecule has 0 unspecified atom stereocenters. The first kappa shape index (κ1) is 7.29. The minimum Gasteiger partial charge on any atom is -0.259 e. The predicted octanol–water partition coefficient (Wildman–Crippen LogP) is 1.79. The number of rotatable bonds is 0. The van der Waals surface area contributed by atoms with Crippen LogP contribution in [0.15, 0.2) is 23.3 Å². The van der Waals surface area contributed by atoms with E-state index >= 15 is 0 Å². The minimum atomic E-state index is -0.568. The Morgan fingerprint density at radius 3 is 2.73 bits per heavy atom. The van der Waals surface area contributed by atoms with Crippen LogP contribution in [0.3, 0.4) is 0 Å². The predicted molar refractivity (Wildman–Crippen MR) is 47.9 cm³/mol. The first-order chi connectivity index (χ1) is 5.36. The third-order valence-electron chi connectivity index (χ3n) is 2.28. The van der Waals surface area contributed by atoms with Crippen molar-refractivity contribution < 1.29 is 4.21 Å². The topological polar surface area (TPSA) is 17.1 Å². The lowest BCUT2D eigenvalue weighted by Gasteiger charge is -2.20. The first-order valence-corrected chi connectivity index (χ1v) is 5.58. The van der Waals surface area contributed by atoms with E-state index in [0.29, 0.717) is 0 Å². The van der Waals surface area contributed by atoms with Crippen molar-refractivity contribution in [1.82, 2.24) is 0 Å². The monoisotopic (exact) mass is 168 g/mol. The summed E-state index contributed by atoms with van der Waals surface area (Å²) in [5.41, 5.74) is 2.83. The van der Waals surface area contributed by atoms with Gasteiger partial charge in [0.2, 0.25) is 0 Å². The standard InChI is InChI=1S/C9H12OS/c10-11-6-5-8-3-1-2-4-9(8)7-11/h3-4H,1-2,5-7H2/t11-/m0/s1. The lowest BCUT2D eigenvalue weighted by atomic mass is 9.97. The molecule has 2 rings (SSSR count). The highest BCUT2D eigenvalue weighted by molar-refractivity contribution is 7.85. The Bertz CT molecular complexity index is 250. The van der Waals surface area contributed by atoms with Gasteiger partial charge in [-0.15, -0.1) is 0 Å². The van der Waals surface area contributed by atoms with Crippen molar-refractivity contribution in [3.8, 4) is 0 Å². The fraction of sp³-hybridized carbons (Fsp3) is 0.556. The van der Waals surface area contributed by atoms with E-state index in [0.717, 1.165) is 24.3 Å². The summed E-state index contributed by atoms with van der Waals surface area (Å²) in [5.74, 6) is 1.69. The van der Waals surface area contributed by atoms with Crippen LogP contribution in [0.1, 0.15) is 19.3 Å². The second kappa shape index (κ2) is 2.94. The lowest BCUT2D eigenvalue weighted by Crippen LogP contribution is -2.16. The maximum Gasteiger partial charge on any atom is 0.0485 e. The molecule has 1 heterocycles. The normalized spacial score (nSPS) is 30.4. The summed E-state index contributed by atoms with van der Waals surface area (Å²) in [6.45, 7) is 0. The van der Waals surface area contributed by atoms with Gasteiger partial charge < -0.3 is 0 Å². The minimum absolute atomic E-state index is 0.568. The summed E-state index contributed by atoms with van der Waals surface area (Å²) in [7, 11) is -0.568. The van der Waals surface area contributed by atoms with E-state index in [1.54, 1.807) is 0 Å². The second-order valence-corrected chi connectivity index (χ2v) is 4.65. The zero-order chi connectivity index (χ0) is 7.68. The molecule has 60 valence electrons. The lowest BCUT2D eigenvalue weighted by molar-refractivity contribution is 0.681. The smallest absolute Gasteiger partial charge is 0.0485 e. The quantitative estimate of drug-likeness (QED) is 0.539. The Morgan fingerprint density at radius 2 is 1.91 bits per heavy atom. The van der Waals surface area contributed by atoms with Crippen LogP contribution < -0.4 is 0 Å². The van der Waals surface area contributed by atoms with Crippen molar-refractivity contribution in [2.24, 2.45) is 0 Å². The van der Waals surface area contributed by atoms with Crippen LogP contribution in [0.5, 0.6) is 0 Å². The summed E-state index contributed by atoms with van der Waals surface area (Å²) >= 11 is 0. The van der Waals surface area contributed by atoms with Crippen molar-refractivity contribution in [1.29, 1.82) is 0 Å². The summed E-state index contributed by atoms with van der Waals surface area (Å²) < 4.78 is 11.2. The van der Waals surface area contributed by atoms with Crippen LogP contribution >= 0.6 is 0 Å². The molecule has 1 atom stereocenters. The molecule has 0 radical (unpaired) electrons. The SMILES string of the molecule is O=[S@]1CCC2=CCCC=C2C1. The van der Waals surface area contributed by atoms with E-state index in [-0.39, 0.29) is 0 Å². The zero-order valence-electron chi connectivity index (χ0n) is 6.51. The van der Waals surface area contributed by atoms with Crippen LogP contribution in [0.4, 0.5) is 0 Å². The zero-order valence-corrected chi connectivity index (χ0v) is 7.32. The van der Waals surface area contributed by atoms with Crippen molar-refractivity contribution >= 4 is 10.8 Å². The van der Waals surface area contributed by atoms with Crippen LogP contribution in [-0.4, -0.2) is 15.7 Å². The van der Waals surface area contributed by atoms with Crippen LogP contribution in [0, 0.1) is 0 Å². The van der Waals surface area contributed by atoms with Crippen LogP contribution in [0.2, 0.25) is 0 Å². The van der Waals surface area contributed by atoms with Crippen molar-refractivity contribution in [2.45, 2.75) is 19.3 Å². The van der Waals surface area contributed by atoms with E-state index in [1.807, 2.05) is 0 Å². The van der Waals surface area contributed by atoms with Gasteiger partial charge in [-0.1, -0.05) is 12.2 Å². The number of fused-ring (bicyclic) bond motifs is 1. The maximum absolute atomic E-state index is 11.2. The van der Waals surface area contributed by atoms with Gasteiger partial charge in [-0.05, 0) is 30.4 Å². The van der Waals surface area contributed by atoms with Crippen LogP contribution in [0.25, 0.3) is 0 Å². The summed E-state index contributed by atoms with van der Waals surface area (Å²) in [6.07, 6.45) is 7.94. The molecule has 0 bridgehead atoms. The molecule has 0 aromatic rings. The van der Waals surface area contributed by atoms with Gasteiger partial charge in [0.05, 0.1) is 0 Å². The summed E-state index contributed by atoms with van der Waals surface area (Å²) in [4.78, 5) is 0. The molecule has 0 amide bonds. The van der Waals surface area contributed by atoms with Gasteiger partial charge in [-0.3, -0.25) is 4.21 Å². The highest BCUT2D eigenvalue weighted by Gasteiger charge is 2.17. The molecule has 2 aliphatic rings. The Hall–Kier alpha value is -0.370. The maximum atomic E-state index is 11.2. The summed E-state index contributed by atoms with van der Waals surface area (Å²) in [6, 6.07) is 0. The molecule has 1 aliphatic carbocycles. The van der Waals surface area contributed by atoms with E-state index in [2.05, 4.69) is 12.2 Å². The molecule has 1 aliphatic heterocycles. The van der Waals surface area contributed by atoms with Gasteiger partial charge >= 0.3 is 0 Å². The van der Waals surface area contributed by atoms with Gasteiger partial charge in [0.25, 0.3) is 0 Å². The Balaban J connectivity index is 2.22. The van der Waals surface area contributed by atoms with Crippen molar-refractivity contribution in [3.05, 3.63) is 23.3 Å². The highest BCUT2D eigenvalue weighted by Crippen LogP contribution is 2.26. The largest absolute Gasteiger partial charge is 0.259 e. The van der Waals surface area contributed by atoms with E-state index in [4.69, 9.17) is 0 Å². The molecule has 0 saturated carbocycles. The molecular formula is C9H12OS. The second-order valence-electron chi connectivity index (χ2n) is 3.07. The van der Waals surface area contributed by atoms with Crippen molar-refractivity contribution in [2.75, 3.05) is 11.5 Å². The number of hydrogen-bond donors (Lipinski definition) is 0. The summed E-state index contributed by atoms with van der Waals surface area (Å²) in [5, 5.41) is 0. The average Bonchev–Trinajstić information content (AvgIpc) is 2.04. The molecular weight excluding hydrogens is 156 g/mol. The first-order valence-electron chi connectivity index (χ1n) is 4.09. The third kappa shape index (κ3) is 1.45. The van der Waals surface area contributed by atoms with Gasteiger partial charge in [0.15, 0.2) is 0 Å². The molecule has 0 spiro atoms. The van der Waals surface area contributed by atoms with Crippen LogP contribution in [-0.2, 0) is 10.8 Å². The Labute approximate surface area is 69.6 Å². The molecule has 11 heavy (non-hydrogen) atoms. The molecule has 0 aromatic heterocycles. The fourth-order valence-electron chi connectivity index (χ4n) is 1.66. The fourth-order valence-corrected chi connectivity index (χ4v) is 2.90. The Kier molecular flexibility index (Phi) is 1.95. The highest BCUT2D eigenvalue weighted by atomic mass is 32.2. The molecule has 0 aromatic carbocycles. The van der Waals surface area contributed by atoms with E-state index in [1.165, 1.54) is 17.6 Å². The molecule has 1 fully saturated rings. The number of allylic oxidation sites excluding steroid dienone is 3. The molecule has 1 nitrogen and oxygen atoms in total. The molecule has 2 heteroatoms. The van der Waals surface area contributed by atoms with Crippen molar-refractivity contribution in [3.63, 3.8) is 0 Å². The molecule has 0 N–H and O–H groups in total. The molecule has 1 saturated heterocycles. The Morgan fingerprint density at radius 1 is 1.18 bits per heavy atom. The van der Waals surface area contributed by atoms with Gasteiger partial charge in [-0.25, -0.2) is 0 Å². The average molecular weight is 168 g/mol. The van der Waals surface area contributed by atoms with Gasteiger partial charge in [0, 0.05) is 22.3 Å². The number of hydrogen-bond acceptors (Lipinski definition) is 1. The van der Waals surface area contributed by atoms with Gasteiger partial charge in [-0.2, -0.15) is 0 Å². The van der Waals surface area contributed by atoms with E-state index < -0.39 is 10.8 Å². The van der Waals surface area contributed by atoms with E-state index in [9.17, 15) is 4.21 Å². The third-order valence-corrected chi connectivity index (χ3v) is 3.57. The van der Waals surface area contributed by atoms with Gasteiger partial charge in [0.1, 0.15) is 0 Å².